The molecule has 0 radical (unpaired) electrons. The van der Waals surface area contributed by atoms with Gasteiger partial charge >= 0.3 is 0 Å². The summed E-state index contributed by atoms with van der Waals surface area (Å²) in [7, 11) is 0. The number of hydrogen-bond donors (Lipinski definition) is 1. The van der Waals surface area contributed by atoms with Crippen molar-refractivity contribution in [2.24, 2.45) is 23.5 Å². The lowest BCUT2D eigenvalue weighted by Crippen LogP contribution is -2.29. The summed E-state index contributed by atoms with van der Waals surface area (Å²) in [6.45, 7) is 6.85. The van der Waals surface area contributed by atoms with E-state index in [1.54, 1.807) is 0 Å². The number of rotatable bonds is 6. The van der Waals surface area contributed by atoms with Crippen LogP contribution < -0.4 is 5.73 Å². The summed E-state index contributed by atoms with van der Waals surface area (Å²) in [5.74, 6) is 10.7. The van der Waals surface area contributed by atoms with Crippen LogP contribution in [0.1, 0.15) is 24.0 Å². The summed E-state index contributed by atoms with van der Waals surface area (Å²) in [5.41, 5.74) is 8.61. The van der Waals surface area contributed by atoms with Crippen LogP contribution in [0.15, 0.2) is 47.2 Å². The zero-order valence-corrected chi connectivity index (χ0v) is 17.3. The van der Waals surface area contributed by atoms with Gasteiger partial charge in [-0.1, -0.05) is 23.9 Å². The Bertz CT molecular complexity index is 1060. The van der Waals surface area contributed by atoms with Crippen LogP contribution in [0.5, 0.6) is 0 Å². The first kappa shape index (κ1) is 19.1. The van der Waals surface area contributed by atoms with Crippen LogP contribution in [0.3, 0.4) is 0 Å². The van der Waals surface area contributed by atoms with Crippen molar-refractivity contribution in [3.63, 3.8) is 0 Å². The monoisotopic (exact) mass is 401 g/mol. The third-order valence-electron chi connectivity index (χ3n) is 6.28. The zero-order valence-electron chi connectivity index (χ0n) is 17.3. The number of benzene rings is 1. The molecule has 0 bridgehead atoms. The van der Waals surface area contributed by atoms with Crippen LogP contribution in [0.4, 0.5) is 0 Å². The minimum atomic E-state index is 0.562. The van der Waals surface area contributed by atoms with Crippen molar-refractivity contribution in [3.8, 4) is 23.2 Å². The molecule has 1 saturated heterocycles. The van der Waals surface area contributed by atoms with E-state index < -0.39 is 0 Å². The van der Waals surface area contributed by atoms with Crippen LogP contribution in [0.25, 0.3) is 11.3 Å². The van der Waals surface area contributed by atoms with Crippen LogP contribution in [-0.4, -0.2) is 45.8 Å². The highest BCUT2D eigenvalue weighted by atomic mass is 16.5. The van der Waals surface area contributed by atoms with Crippen molar-refractivity contribution in [1.82, 2.24) is 19.6 Å². The first-order valence-corrected chi connectivity index (χ1v) is 10.7. The number of imidazole rings is 1. The number of hydrogen-bond acceptors (Lipinski definition) is 5. The molecule has 0 amide bonds. The lowest BCUT2D eigenvalue weighted by Gasteiger charge is -2.16. The quantitative estimate of drug-likeness (QED) is 0.643. The Morgan fingerprint density at radius 1 is 1.20 bits per heavy atom. The van der Waals surface area contributed by atoms with Crippen LogP contribution >= 0.6 is 0 Å². The fourth-order valence-corrected chi connectivity index (χ4v) is 4.57. The van der Waals surface area contributed by atoms with Gasteiger partial charge in [-0.25, -0.2) is 4.98 Å². The number of nitrogens with two attached hydrogens (primary N) is 1. The smallest absolute Gasteiger partial charge is 0.167 e. The molecule has 2 fully saturated rings. The van der Waals surface area contributed by atoms with E-state index in [1.807, 2.05) is 18.5 Å². The molecule has 6 nitrogen and oxygen atoms in total. The minimum Gasteiger partial charge on any atom is -0.356 e. The summed E-state index contributed by atoms with van der Waals surface area (Å²) in [6.07, 6.45) is 4.70. The number of fused-ring (bicyclic) bond motifs is 1. The predicted molar refractivity (Wildman–Crippen MR) is 115 cm³/mol. The number of nitrogens with zero attached hydrogens (tertiary/aromatic N) is 4. The Morgan fingerprint density at radius 2 is 2.00 bits per heavy atom. The second-order valence-electron chi connectivity index (χ2n) is 8.26. The Labute approximate surface area is 177 Å². The molecule has 3 aromatic rings. The molecule has 2 aromatic heterocycles. The Hall–Kier alpha value is -2.88. The first-order chi connectivity index (χ1) is 14.7. The fourth-order valence-electron chi connectivity index (χ4n) is 4.57. The van der Waals surface area contributed by atoms with Gasteiger partial charge in [0, 0.05) is 68.1 Å². The van der Waals surface area contributed by atoms with Crippen molar-refractivity contribution in [2.75, 3.05) is 26.2 Å². The van der Waals surface area contributed by atoms with Crippen molar-refractivity contribution in [2.45, 2.75) is 19.9 Å². The van der Waals surface area contributed by atoms with E-state index in [4.69, 9.17) is 10.3 Å². The second-order valence-corrected chi connectivity index (χ2v) is 8.26. The van der Waals surface area contributed by atoms with Gasteiger partial charge in [0.1, 0.15) is 11.5 Å². The topological polar surface area (TPSA) is 73.1 Å². The van der Waals surface area contributed by atoms with E-state index >= 15 is 0 Å². The molecule has 5 rings (SSSR count). The van der Waals surface area contributed by atoms with Gasteiger partial charge in [0.05, 0.1) is 6.54 Å². The van der Waals surface area contributed by atoms with E-state index in [0.29, 0.717) is 12.5 Å². The third-order valence-corrected chi connectivity index (χ3v) is 6.28. The van der Waals surface area contributed by atoms with E-state index in [-0.39, 0.29) is 0 Å². The minimum absolute atomic E-state index is 0.562. The molecule has 3 heterocycles. The number of aromatic nitrogens is 3. The SMILES string of the molecule is CCc1nccn1Cc1cc(-c2ccc(C#CC3C4CN(CCN)CC34)cc2)on1. The fraction of sp³-hybridized carbons (Fsp3) is 0.417. The number of likely N-dealkylation sites (tertiary alicyclic amines) is 1. The molecule has 6 heteroatoms. The van der Waals surface area contributed by atoms with Gasteiger partial charge in [-0.05, 0) is 36.1 Å². The summed E-state index contributed by atoms with van der Waals surface area (Å²) in [5, 5.41) is 4.22. The normalized spacial score (nSPS) is 22.5. The van der Waals surface area contributed by atoms with Gasteiger partial charge in [-0.2, -0.15) is 0 Å². The van der Waals surface area contributed by atoms with Crippen LogP contribution in [-0.2, 0) is 13.0 Å². The van der Waals surface area contributed by atoms with E-state index in [0.717, 1.165) is 72.8 Å². The average molecular weight is 402 g/mol. The molecule has 1 aliphatic heterocycles. The largest absolute Gasteiger partial charge is 0.356 e. The third kappa shape index (κ3) is 3.79. The Balaban J connectivity index is 1.20. The summed E-state index contributed by atoms with van der Waals surface area (Å²) in [4.78, 5) is 6.82. The zero-order chi connectivity index (χ0) is 20.5. The van der Waals surface area contributed by atoms with Crippen molar-refractivity contribution < 1.29 is 4.52 Å². The average Bonchev–Trinajstić information content (AvgIpc) is 3.23. The molecular formula is C24H27N5O. The van der Waals surface area contributed by atoms with E-state index in [9.17, 15) is 0 Å². The highest BCUT2D eigenvalue weighted by Crippen LogP contribution is 2.51. The maximum absolute atomic E-state index is 5.65. The van der Waals surface area contributed by atoms with Gasteiger partial charge in [-0.15, -0.1) is 0 Å². The molecule has 30 heavy (non-hydrogen) atoms. The maximum atomic E-state index is 5.65. The lowest BCUT2D eigenvalue weighted by atomic mass is 10.1. The lowest BCUT2D eigenvalue weighted by molar-refractivity contribution is 0.304. The highest BCUT2D eigenvalue weighted by Gasteiger charge is 2.54. The van der Waals surface area contributed by atoms with Crippen LogP contribution in [0, 0.1) is 29.6 Å². The molecule has 2 atom stereocenters. The van der Waals surface area contributed by atoms with Crippen molar-refractivity contribution in [3.05, 3.63) is 59.8 Å². The molecule has 1 saturated carbocycles. The van der Waals surface area contributed by atoms with Gasteiger partial charge in [0.2, 0.25) is 0 Å². The molecule has 1 aromatic carbocycles. The standard InChI is InChI=1S/C24H27N5O/c1-2-24-26-10-12-29(24)14-19-13-23(30-27-19)18-6-3-17(4-7-18)5-8-20-21-15-28(11-9-25)16-22(20)21/h3-4,6-7,10,12-13,20-22H,2,9,11,14-16,25H2,1H3. The molecule has 2 aliphatic rings. The molecular weight excluding hydrogens is 374 g/mol. The number of aryl methyl sites for hydroxylation is 1. The van der Waals surface area contributed by atoms with Crippen molar-refractivity contribution in [1.29, 1.82) is 0 Å². The summed E-state index contributed by atoms with van der Waals surface area (Å²) >= 11 is 0. The van der Waals surface area contributed by atoms with Gasteiger partial charge < -0.3 is 19.7 Å². The Morgan fingerprint density at radius 3 is 2.73 bits per heavy atom. The molecule has 154 valence electrons. The van der Waals surface area contributed by atoms with Gasteiger partial charge in [-0.3, -0.25) is 0 Å². The molecule has 2 unspecified atom stereocenters. The maximum Gasteiger partial charge on any atom is 0.167 e. The number of piperidine rings is 1. The second kappa shape index (κ2) is 8.10. The first-order valence-electron chi connectivity index (χ1n) is 10.7. The molecule has 1 aliphatic carbocycles. The highest BCUT2D eigenvalue weighted by molar-refractivity contribution is 5.59. The van der Waals surface area contributed by atoms with Crippen LogP contribution in [0.2, 0.25) is 0 Å². The summed E-state index contributed by atoms with van der Waals surface area (Å²) < 4.78 is 7.67. The summed E-state index contributed by atoms with van der Waals surface area (Å²) in [6, 6.07) is 10.2. The molecule has 2 N–H and O–H groups in total. The van der Waals surface area contributed by atoms with Crippen molar-refractivity contribution >= 4 is 0 Å². The van der Waals surface area contributed by atoms with Gasteiger partial charge in [0.15, 0.2) is 5.76 Å². The molecule has 0 spiro atoms. The van der Waals surface area contributed by atoms with E-state index in [1.165, 1.54) is 0 Å². The Kier molecular flexibility index (Phi) is 5.16. The van der Waals surface area contributed by atoms with E-state index in [2.05, 4.69) is 62.6 Å². The predicted octanol–water partition coefficient (Wildman–Crippen LogP) is 2.64. The van der Waals surface area contributed by atoms with Gasteiger partial charge in [0.25, 0.3) is 0 Å².